The van der Waals surface area contributed by atoms with Crippen LogP contribution in [-0.2, 0) is 14.4 Å². The van der Waals surface area contributed by atoms with E-state index < -0.39 is 17.0 Å². The van der Waals surface area contributed by atoms with Crippen molar-refractivity contribution >= 4 is 29.5 Å². The van der Waals surface area contributed by atoms with Crippen LogP contribution in [0.15, 0.2) is 0 Å². The fourth-order valence-electron chi connectivity index (χ4n) is 3.86. The predicted octanol–water partition coefficient (Wildman–Crippen LogP) is 4.64. The lowest BCUT2D eigenvalue weighted by Gasteiger charge is -2.44. The first-order valence-electron chi connectivity index (χ1n) is 10.6. The predicted molar refractivity (Wildman–Crippen MR) is 122 cm³/mol. The van der Waals surface area contributed by atoms with Gasteiger partial charge >= 0.3 is 0 Å². The van der Waals surface area contributed by atoms with Crippen molar-refractivity contribution in [2.45, 2.75) is 111 Å². The van der Waals surface area contributed by atoms with Crippen LogP contribution in [0.2, 0.25) is 0 Å². The molecule has 1 aliphatic rings. The number of hydrogen-bond donors (Lipinski definition) is 1. The van der Waals surface area contributed by atoms with Gasteiger partial charge in [-0.2, -0.15) is 0 Å². The minimum atomic E-state index is -0.896. The number of carbonyl (C=O) groups excluding carboxylic acids is 3. The minimum absolute atomic E-state index is 0.0355. The van der Waals surface area contributed by atoms with Gasteiger partial charge in [-0.3, -0.25) is 19.3 Å². The van der Waals surface area contributed by atoms with Gasteiger partial charge in [0, 0.05) is 16.7 Å². The highest BCUT2D eigenvalue weighted by Crippen LogP contribution is 2.39. The molecule has 0 saturated carbocycles. The summed E-state index contributed by atoms with van der Waals surface area (Å²) >= 11 is 1.52. The number of nitrogens with zero attached hydrogens (tertiary/aromatic N) is 1. The number of likely N-dealkylation sites (tertiary alicyclic amines) is 1. The molecule has 1 fully saturated rings. The van der Waals surface area contributed by atoms with E-state index in [4.69, 9.17) is 0 Å². The van der Waals surface area contributed by atoms with Crippen molar-refractivity contribution in [3.8, 4) is 0 Å². The van der Waals surface area contributed by atoms with E-state index in [0.717, 1.165) is 0 Å². The van der Waals surface area contributed by atoms with Crippen LogP contribution in [0, 0.1) is 17.3 Å². The second-order valence-electron chi connectivity index (χ2n) is 11.7. The molecule has 1 saturated heterocycles. The van der Waals surface area contributed by atoms with Crippen molar-refractivity contribution in [1.82, 2.24) is 10.2 Å². The Kier molecular flexibility index (Phi) is 7.39. The Morgan fingerprint density at radius 3 is 1.90 bits per heavy atom. The standard InChI is InChI=1S/C23H42N2O3S/c1-14(18(27)24-22(9,10)15(2)20(3,4)5)23(11,12)25-17(26)13-16(19(25)28)29-21(6,7)8/h14-16H,13H2,1-12H3,(H,24,27). The first kappa shape index (κ1) is 26.0. The number of rotatable bonds is 6. The first-order valence-corrected chi connectivity index (χ1v) is 11.5. The molecule has 3 amide bonds. The van der Waals surface area contributed by atoms with E-state index in [0.29, 0.717) is 0 Å². The smallest absolute Gasteiger partial charge is 0.243 e. The molecule has 168 valence electrons. The average Bonchev–Trinajstić information content (AvgIpc) is 2.76. The Hall–Kier alpha value is -1.04. The third-order valence-corrected chi connectivity index (χ3v) is 7.82. The van der Waals surface area contributed by atoms with E-state index in [1.165, 1.54) is 16.7 Å². The number of nitrogens with one attached hydrogen (secondary N) is 1. The number of amides is 3. The van der Waals surface area contributed by atoms with Gasteiger partial charge in [-0.1, -0.05) is 55.4 Å². The van der Waals surface area contributed by atoms with Crippen LogP contribution in [0.5, 0.6) is 0 Å². The maximum Gasteiger partial charge on any atom is 0.243 e. The van der Waals surface area contributed by atoms with E-state index in [2.05, 4.69) is 33.0 Å². The van der Waals surface area contributed by atoms with Gasteiger partial charge in [0.25, 0.3) is 0 Å². The van der Waals surface area contributed by atoms with Crippen LogP contribution in [-0.4, -0.2) is 43.7 Å². The van der Waals surface area contributed by atoms with E-state index in [1.807, 2.05) is 48.5 Å². The molecule has 0 spiro atoms. The third kappa shape index (κ3) is 5.99. The van der Waals surface area contributed by atoms with Crippen molar-refractivity contribution in [3.05, 3.63) is 0 Å². The first-order chi connectivity index (χ1) is 12.7. The molecule has 29 heavy (non-hydrogen) atoms. The largest absolute Gasteiger partial charge is 0.351 e. The number of hydrogen-bond acceptors (Lipinski definition) is 4. The Morgan fingerprint density at radius 1 is 1.00 bits per heavy atom. The molecule has 6 heteroatoms. The van der Waals surface area contributed by atoms with Gasteiger partial charge in [0.1, 0.15) is 0 Å². The second-order valence-corrected chi connectivity index (χ2v) is 13.7. The van der Waals surface area contributed by atoms with Crippen LogP contribution in [0.25, 0.3) is 0 Å². The zero-order valence-electron chi connectivity index (χ0n) is 20.5. The van der Waals surface area contributed by atoms with Gasteiger partial charge in [-0.05, 0) is 39.0 Å². The highest BCUT2D eigenvalue weighted by molar-refractivity contribution is 8.01. The van der Waals surface area contributed by atoms with Crippen molar-refractivity contribution < 1.29 is 14.4 Å². The number of carbonyl (C=O) groups is 3. The molecule has 1 rings (SSSR count). The van der Waals surface area contributed by atoms with Gasteiger partial charge in [-0.15, -0.1) is 11.8 Å². The lowest BCUT2D eigenvalue weighted by molar-refractivity contribution is -0.148. The molecule has 0 aromatic heterocycles. The van der Waals surface area contributed by atoms with Crippen LogP contribution < -0.4 is 5.32 Å². The van der Waals surface area contributed by atoms with Gasteiger partial charge in [-0.25, -0.2) is 0 Å². The summed E-state index contributed by atoms with van der Waals surface area (Å²) in [4.78, 5) is 40.3. The second kappa shape index (κ2) is 8.24. The van der Waals surface area contributed by atoms with Crippen LogP contribution in [0.3, 0.4) is 0 Å². The third-order valence-electron chi connectivity index (χ3n) is 6.46. The van der Waals surface area contributed by atoms with Crippen molar-refractivity contribution in [2.24, 2.45) is 17.3 Å². The molecule has 0 bridgehead atoms. The average molecular weight is 427 g/mol. The van der Waals surface area contributed by atoms with E-state index in [1.54, 1.807) is 6.92 Å². The van der Waals surface area contributed by atoms with Crippen LogP contribution in [0.1, 0.15) is 89.5 Å². The molecule has 3 atom stereocenters. The lowest BCUT2D eigenvalue weighted by Crippen LogP contribution is -2.59. The maximum atomic E-state index is 13.2. The molecular weight excluding hydrogens is 384 g/mol. The van der Waals surface area contributed by atoms with Gasteiger partial charge in [0.05, 0.1) is 16.7 Å². The fraction of sp³-hybridized carbons (Fsp3) is 0.870. The van der Waals surface area contributed by atoms with Crippen LogP contribution in [0.4, 0.5) is 0 Å². The van der Waals surface area contributed by atoms with Crippen molar-refractivity contribution in [1.29, 1.82) is 0 Å². The highest BCUT2D eigenvalue weighted by Gasteiger charge is 2.51. The monoisotopic (exact) mass is 426 g/mol. The Balaban J connectivity index is 3.02. The molecule has 5 nitrogen and oxygen atoms in total. The normalized spacial score (nSPS) is 21.4. The van der Waals surface area contributed by atoms with Gasteiger partial charge in [0.2, 0.25) is 17.7 Å². The molecule has 3 unspecified atom stereocenters. The summed E-state index contributed by atoms with van der Waals surface area (Å²) in [5.74, 6) is -0.800. The van der Waals surface area contributed by atoms with Crippen LogP contribution >= 0.6 is 11.8 Å². The Bertz CT molecular complexity index is 656. The number of thioether (sulfide) groups is 1. The van der Waals surface area contributed by atoms with Crippen molar-refractivity contribution in [3.63, 3.8) is 0 Å². The Morgan fingerprint density at radius 2 is 1.48 bits per heavy atom. The molecule has 0 aliphatic carbocycles. The molecule has 1 aliphatic heterocycles. The van der Waals surface area contributed by atoms with Gasteiger partial charge in [0.15, 0.2) is 0 Å². The topological polar surface area (TPSA) is 66.5 Å². The summed E-state index contributed by atoms with van der Waals surface area (Å²) in [7, 11) is 0. The summed E-state index contributed by atoms with van der Waals surface area (Å²) < 4.78 is -0.114. The Labute approximate surface area is 182 Å². The summed E-state index contributed by atoms with van der Waals surface area (Å²) in [5.41, 5.74) is -1.27. The maximum absolute atomic E-state index is 13.2. The van der Waals surface area contributed by atoms with Gasteiger partial charge < -0.3 is 5.32 Å². The van der Waals surface area contributed by atoms with E-state index in [9.17, 15) is 14.4 Å². The van der Waals surface area contributed by atoms with E-state index >= 15 is 0 Å². The molecule has 0 radical (unpaired) electrons. The molecule has 0 aromatic rings. The highest BCUT2D eigenvalue weighted by atomic mass is 32.2. The zero-order valence-corrected chi connectivity index (χ0v) is 21.3. The molecular formula is C23H42N2O3S. The quantitative estimate of drug-likeness (QED) is 0.629. The summed E-state index contributed by atoms with van der Waals surface area (Å²) in [6, 6.07) is 0. The zero-order chi connectivity index (χ0) is 23.2. The lowest BCUT2D eigenvalue weighted by atomic mass is 9.71. The number of imide groups is 1. The molecule has 1 N–H and O–H groups in total. The minimum Gasteiger partial charge on any atom is -0.351 e. The van der Waals surface area contributed by atoms with E-state index in [-0.39, 0.29) is 45.5 Å². The molecule has 1 heterocycles. The summed E-state index contributed by atoms with van der Waals surface area (Å²) in [6.45, 7) is 24.2. The van der Waals surface area contributed by atoms with Crippen molar-refractivity contribution in [2.75, 3.05) is 0 Å². The summed E-state index contributed by atoms with van der Waals surface area (Å²) in [6.07, 6.45) is 0.199. The SMILES string of the molecule is CC(C(C)(C)C)C(C)(C)NC(=O)C(C)C(C)(C)N1C(=O)CC(SC(C)(C)C)C1=O. The fourth-order valence-corrected chi connectivity index (χ4v) is 5.15. The molecule has 0 aromatic carbocycles. The summed E-state index contributed by atoms with van der Waals surface area (Å²) in [5, 5.41) is 2.80.